The van der Waals surface area contributed by atoms with Crippen LogP contribution in [-0.4, -0.2) is 23.8 Å². The quantitative estimate of drug-likeness (QED) is 0.814. The van der Waals surface area contributed by atoms with E-state index in [0.717, 1.165) is 13.0 Å². The van der Waals surface area contributed by atoms with Gasteiger partial charge in [-0.3, -0.25) is 0 Å². The third-order valence-electron chi connectivity index (χ3n) is 3.85. The molecule has 0 aliphatic rings. The molecule has 0 fully saturated rings. The number of nitrogens with one attached hydrogen (secondary N) is 1. The zero-order valence-corrected chi connectivity index (χ0v) is 12.9. The van der Waals surface area contributed by atoms with Crippen molar-refractivity contribution in [2.45, 2.75) is 38.3 Å². The second-order valence-electron chi connectivity index (χ2n) is 5.68. The average Bonchev–Trinajstić information content (AvgIpc) is 2.49. The van der Waals surface area contributed by atoms with Crippen LogP contribution in [0.2, 0.25) is 0 Å². The maximum absolute atomic E-state index is 9.40. The Labute approximate surface area is 127 Å². The summed E-state index contributed by atoms with van der Waals surface area (Å²) in [5.41, 5.74) is 2.64. The first kappa shape index (κ1) is 15.7. The van der Waals surface area contributed by atoms with Gasteiger partial charge in [0.25, 0.3) is 0 Å². The van der Waals surface area contributed by atoms with Gasteiger partial charge in [0.1, 0.15) is 0 Å². The molecule has 2 N–H and O–H groups in total. The van der Waals surface area contributed by atoms with Gasteiger partial charge < -0.3 is 10.4 Å². The molecule has 0 radical (unpaired) electrons. The summed E-state index contributed by atoms with van der Waals surface area (Å²) in [6.07, 6.45) is 0.525. The largest absolute Gasteiger partial charge is 0.393 e. The standard InChI is InChI=1S/C19H25NO/c1-15(21)13-14-20-16(2)19(17-9-5-3-6-10-17)18-11-7-4-8-12-18/h3-12,15-16,19-21H,13-14H2,1-2H3. The van der Waals surface area contributed by atoms with Crippen LogP contribution in [0.4, 0.5) is 0 Å². The third kappa shape index (κ3) is 4.69. The summed E-state index contributed by atoms with van der Waals surface area (Å²) < 4.78 is 0. The van der Waals surface area contributed by atoms with E-state index in [-0.39, 0.29) is 6.10 Å². The van der Waals surface area contributed by atoms with Gasteiger partial charge in [-0.1, -0.05) is 60.7 Å². The third-order valence-corrected chi connectivity index (χ3v) is 3.85. The highest BCUT2D eigenvalue weighted by Gasteiger charge is 2.20. The van der Waals surface area contributed by atoms with E-state index < -0.39 is 0 Å². The summed E-state index contributed by atoms with van der Waals surface area (Å²) in [6.45, 7) is 4.87. The van der Waals surface area contributed by atoms with Crippen molar-refractivity contribution in [2.24, 2.45) is 0 Å². The molecule has 2 atom stereocenters. The summed E-state index contributed by atoms with van der Waals surface area (Å²) in [5, 5.41) is 12.9. The van der Waals surface area contributed by atoms with Crippen LogP contribution in [0.25, 0.3) is 0 Å². The smallest absolute Gasteiger partial charge is 0.0524 e. The monoisotopic (exact) mass is 283 g/mol. The molecule has 2 nitrogen and oxygen atoms in total. The Balaban J connectivity index is 2.16. The van der Waals surface area contributed by atoms with Crippen LogP contribution in [-0.2, 0) is 0 Å². The maximum atomic E-state index is 9.40. The molecule has 112 valence electrons. The first-order valence-corrected chi connectivity index (χ1v) is 7.70. The number of aliphatic hydroxyl groups is 1. The van der Waals surface area contributed by atoms with Crippen LogP contribution in [0.15, 0.2) is 60.7 Å². The zero-order chi connectivity index (χ0) is 15.1. The van der Waals surface area contributed by atoms with E-state index in [2.05, 4.69) is 72.9 Å². The van der Waals surface area contributed by atoms with Crippen LogP contribution in [0.3, 0.4) is 0 Å². The molecular weight excluding hydrogens is 258 g/mol. The van der Waals surface area contributed by atoms with Gasteiger partial charge in [0, 0.05) is 12.0 Å². The Hall–Kier alpha value is -1.64. The van der Waals surface area contributed by atoms with E-state index in [4.69, 9.17) is 0 Å². The van der Waals surface area contributed by atoms with Crippen LogP contribution in [0.1, 0.15) is 37.3 Å². The minimum absolute atomic E-state index is 0.253. The highest BCUT2D eigenvalue weighted by Crippen LogP contribution is 2.27. The van der Waals surface area contributed by atoms with E-state index in [1.54, 1.807) is 0 Å². The predicted octanol–water partition coefficient (Wildman–Crippen LogP) is 3.57. The number of benzene rings is 2. The second-order valence-corrected chi connectivity index (χ2v) is 5.68. The first-order valence-electron chi connectivity index (χ1n) is 7.70. The number of hydrogen-bond acceptors (Lipinski definition) is 2. The first-order chi connectivity index (χ1) is 10.2. The summed E-state index contributed by atoms with van der Waals surface area (Å²) in [4.78, 5) is 0. The van der Waals surface area contributed by atoms with Crippen LogP contribution in [0, 0.1) is 0 Å². The van der Waals surface area contributed by atoms with E-state index in [1.165, 1.54) is 11.1 Å². The minimum atomic E-state index is -0.253. The summed E-state index contributed by atoms with van der Waals surface area (Å²) in [6, 6.07) is 21.5. The van der Waals surface area contributed by atoms with E-state index >= 15 is 0 Å². The van der Waals surface area contributed by atoms with Crippen molar-refractivity contribution in [1.82, 2.24) is 5.32 Å². The lowest BCUT2D eigenvalue weighted by atomic mass is 9.86. The Bertz CT molecular complexity index is 470. The lowest BCUT2D eigenvalue weighted by molar-refractivity contribution is 0.182. The van der Waals surface area contributed by atoms with Gasteiger partial charge >= 0.3 is 0 Å². The molecule has 2 rings (SSSR count). The van der Waals surface area contributed by atoms with Crippen LogP contribution < -0.4 is 5.32 Å². The lowest BCUT2D eigenvalue weighted by Crippen LogP contribution is -2.34. The van der Waals surface area contributed by atoms with Gasteiger partial charge in [-0.25, -0.2) is 0 Å². The normalized spacial score (nSPS) is 14.1. The van der Waals surface area contributed by atoms with Gasteiger partial charge in [0.05, 0.1) is 6.10 Å². The van der Waals surface area contributed by atoms with Crippen LogP contribution in [0.5, 0.6) is 0 Å². The zero-order valence-electron chi connectivity index (χ0n) is 12.9. The molecule has 0 heterocycles. The van der Waals surface area contributed by atoms with E-state index in [0.29, 0.717) is 12.0 Å². The van der Waals surface area contributed by atoms with Crippen molar-refractivity contribution in [3.63, 3.8) is 0 Å². The molecule has 0 aromatic heterocycles. The van der Waals surface area contributed by atoms with Crippen molar-refractivity contribution in [1.29, 1.82) is 0 Å². The number of aliphatic hydroxyl groups excluding tert-OH is 1. The fraction of sp³-hybridized carbons (Fsp3) is 0.368. The van der Waals surface area contributed by atoms with E-state index in [9.17, 15) is 5.11 Å². The van der Waals surface area contributed by atoms with Crippen molar-refractivity contribution in [3.05, 3.63) is 71.8 Å². The van der Waals surface area contributed by atoms with Crippen molar-refractivity contribution >= 4 is 0 Å². The average molecular weight is 283 g/mol. The number of hydrogen-bond donors (Lipinski definition) is 2. The lowest BCUT2D eigenvalue weighted by Gasteiger charge is -2.26. The molecule has 0 bridgehead atoms. The Morgan fingerprint density at radius 2 is 1.33 bits per heavy atom. The van der Waals surface area contributed by atoms with Gasteiger partial charge in [-0.15, -0.1) is 0 Å². The minimum Gasteiger partial charge on any atom is -0.393 e. The molecule has 0 aliphatic carbocycles. The van der Waals surface area contributed by atoms with Crippen molar-refractivity contribution in [2.75, 3.05) is 6.54 Å². The molecule has 21 heavy (non-hydrogen) atoms. The van der Waals surface area contributed by atoms with Gasteiger partial charge in [0.2, 0.25) is 0 Å². The van der Waals surface area contributed by atoms with Gasteiger partial charge in [0.15, 0.2) is 0 Å². The topological polar surface area (TPSA) is 32.3 Å². The molecule has 0 aliphatic heterocycles. The Morgan fingerprint density at radius 3 is 1.76 bits per heavy atom. The fourth-order valence-corrected chi connectivity index (χ4v) is 2.73. The van der Waals surface area contributed by atoms with Crippen LogP contribution >= 0.6 is 0 Å². The SMILES string of the molecule is CC(O)CCNC(C)C(c1ccccc1)c1ccccc1. The molecule has 2 aromatic rings. The molecule has 2 heteroatoms. The molecule has 2 aromatic carbocycles. The van der Waals surface area contributed by atoms with Crippen molar-refractivity contribution in [3.8, 4) is 0 Å². The Morgan fingerprint density at radius 1 is 0.857 bits per heavy atom. The highest BCUT2D eigenvalue weighted by molar-refractivity contribution is 5.34. The second kappa shape index (κ2) is 7.96. The maximum Gasteiger partial charge on any atom is 0.0524 e. The molecule has 0 amide bonds. The molecule has 0 saturated carbocycles. The van der Waals surface area contributed by atoms with Crippen molar-refractivity contribution < 1.29 is 5.11 Å². The van der Waals surface area contributed by atoms with Gasteiger partial charge in [-0.05, 0) is 37.9 Å². The van der Waals surface area contributed by atoms with Gasteiger partial charge in [-0.2, -0.15) is 0 Å². The summed E-state index contributed by atoms with van der Waals surface area (Å²) in [5.74, 6) is 0.321. The molecule has 2 unspecified atom stereocenters. The van der Waals surface area contributed by atoms with E-state index in [1.807, 2.05) is 6.92 Å². The Kier molecular flexibility index (Phi) is 5.97. The fourth-order valence-electron chi connectivity index (χ4n) is 2.73. The molecular formula is C19H25NO. The molecule has 0 spiro atoms. The summed E-state index contributed by atoms with van der Waals surface area (Å²) >= 11 is 0. The summed E-state index contributed by atoms with van der Waals surface area (Å²) in [7, 11) is 0. The molecule has 0 saturated heterocycles. The highest BCUT2D eigenvalue weighted by atomic mass is 16.3. The number of rotatable bonds is 7. The predicted molar refractivity (Wildman–Crippen MR) is 88.5 cm³/mol.